The molecule has 0 aliphatic heterocycles. The molecule has 0 atom stereocenters. The van der Waals surface area contributed by atoms with Crippen LogP contribution in [0, 0.1) is 5.92 Å². The van der Waals surface area contributed by atoms with Gasteiger partial charge in [0.1, 0.15) is 0 Å². The average molecular weight is 223 g/mol. The first-order valence-electron chi connectivity index (χ1n) is 5.72. The van der Waals surface area contributed by atoms with Crippen LogP contribution in [0.1, 0.15) is 20.8 Å². The molecule has 0 aliphatic carbocycles. The third kappa shape index (κ3) is 3.65. The summed E-state index contributed by atoms with van der Waals surface area (Å²) in [7, 11) is 1.66. The zero-order chi connectivity index (χ0) is 12.0. The predicted octanol–water partition coefficient (Wildman–Crippen LogP) is 3.16. The minimum Gasteiger partial charge on any atom is -0.493 e. The highest BCUT2D eigenvalue weighted by molar-refractivity contribution is 5.54. The van der Waals surface area contributed by atoms with Crippen LogP contribution in [-0.2, 0) is 0 Å². The van der Waals surface area contributed by atoms with Crippen LogP contribution in [0.4, 0.5) is 5.69 Å². The van der Waals surface area contributed by atoms with E-state index < -0.39 is 0 Å². The lowest BCUT2D eigenvalue weighted by Gasteiger charge is -2.13. The van der Waals surface area contributed by atoms with Crippen molar-refractivity contribution < 1.29 is 9.47 Å². The lowest BCUT2D eigenvalue weighted by molar-refractivity contribution is 0.311. The minimum atomic E-state index is 0.623. The van der Waals surface area contributed by atoms with Crippen molar-refractivity contribution in [2.75, 3.05) is 25.6 Å². The van der Waals surface area contributed by atoms with Crippen molar-refractivity contribution in [3.8, 4) is 11.5 Å². The smallest absolute Gasteiger partial charge is 0.162 e. The number of anilines is 1. The zero-order valence-electron chi connectivity index (χ0n) is 10.5. The van der Waals surface area contributed by atoms with E-state index in [9.17, 15) is 0 Å². The van der Waals surface area contributed by atoms with E-state index in [4.69, 9.17) is 9.47 Å². The fraction of sp³-hybridized carbons (Fsp3) is 0.538. The van der Waals surface area contributed by atoms with Gasteiger partial charge < -0.3 is 14.8 Å². The van der Waals surface area contributed by atoms with Crippen molar-refractivity contribution in [1.29, 1.82) is 0 Å². The van der Waals surface area contributed by atoms with Gasteiger partial charge in [-0.1, -0.05) is 13.8 Å². The summed E-state index contributed by atoms with van der Waals surface area (Å²) in [6.07, 6.45) is 0. The summed E-state index contributed by atoms with van der Waals surface area (Å²) in [4.78, 5) is 0. The lowest BCUT2D eigenvalue weighted by Crippen LogP contribution is -2.08. The summed E-state index contributed by atoms with van der Waals surface area (Å²) in [5.41, 5.74) is 1.06. The predicted molar refractivity (Wildman–Crippen MR) is 67.5 cm³/mol. The molecule has 0 unspecified atom stereocenters. The molecule has 1 aromatic carbocycles. The number of rotatable bonds is 6. The molecule has 0 fully saturated rings. The van der Waals surface area contributed by atoms with Gasteiger partial charge in [0.15, 0.2) is 11.5 Å². The van der Waals surface area contributed by atoms with Gasteiger partial charge in [-0.25, -0.2) is 0 Å². The molecule has 0 bridgehead atoms. The molecule has 3 heteroatoms. The maximum absolute atomic E-state index is 5.46. The average Bonchev–Trinajstić information content (AvgIpc) is 2.28. The molecule has 0 heterocycles. The summed E-state index contributed by atoms with van der Waals surface area (Å²) < 4.78 is 10.7. The first kappa shape index (κ1) is 12.7. The van der Waals surface area contributed by atoms with Crippen LogP contribution >= 0.6 is 0 Å². The van der Waals surface area contributed by atoms with E-state index in [1.54, 1.807) is 7.11 Å². The topological polar surface area (TPSA) is 30.5 Å². The van der Waals surface area contributed by atoms with Crippen molar-refractivity contribution >= 4 is 5.69 Å². The highest BCUT2D eigenvalue weighted by atomic mass is 16.5. The number of nitrogens with one attached hydrogen (secondary N) is 1. The molecule has 1 rings (SSSR count). The van der Waals surface area contributed by atoms with E-state index in [-0.39, 0.29) is 0 Å². The number of hydrogen-bond donors (Lipinski definition) is 1. The minimum absolute atomic E-state index is 0.623. The van der Waals surface area contributed by atoms with Crippen LogP contribution in [0.3, 0.4) is 0 Å². The highest BCUT2D eigenvalue weighted by Gasteiger charge is 2.05. The molecule has 16 heavy (non-hydrogen) atoms. The van der Waals surface area contributed by atoms with Crippen molar-refractivity contribution in [2.24, 2.45) is 5.92 Å². The summed E-state index contributed by atoms with van der Waals surface area (Å²) in [6.45, 7) is 7.92. The van der Waals surface area contributed by atoms with E-state index in [2.05, 4.69) is 19.2 Å². The van der Waals surface area contributed by atoms with E-state index in [1.165, 1.54) is 0 Å². The molecule has 90 valence electrons. The van der Waals surface area contributed by atoms with Gasteiger partial charge in [0, 0.05) is 18.3 Å². The second-order valence-electron chi connectivity index (χ2n) is 4.07. The van der Waals surface area contributed by atoms with E-state index in [0.29, 0.717) is 12.5 Å². The molecule has 0 aliphatic rings. The van der Waals surface area contributed by atoms with Gasteiger partial charge >= 0.3 is 0 Å². The third-order valence-corrected chi connectivity index (χ3v) is 2.18. The fourth-order valence-electron chi connectivity index (χ4n) is 1.37. The Kier molecular flexibility index (Phi) is 4.96. The van der Waals surface area contributed by atoms with E-state index in [1.807, 2.05) is 25.1 Å². The van der Waals surface area contributed by atoms with E-state index >= 15 is 0 Å². The number of benzene rings is 1. The molecular weight excluding hydrogens is 202 g/mol. The largest absolute Gasteiger partial charge is 0.493 e. The monoisotopic (exact) mass is 223 g/mol. The van der Waals surface area contributed by atoms with Crippen molar-refractivity contribution in [1.82, 2.24) is 0 Å². The first-order chi connectivity index (χ1) is 7.67. The molecule has 0 saturated heterocycles. The van der Waals surface area contributed by atoms with Gasteiger partial charge in [0.2, 0.25) is 0 Å². The second-order valence-corrected chi connectivity index (χ2v) is 4.07. The normalized spacial score (nSPS) is 10.3. The number of methoxy groups -OCH3 is 1. The van der Waals surface area contributed by atoms with Gasteiger partial charge in [-0.15, -0.1) is 0 Å². The van der Waals surface area contributed by atoms with Crippen LogP contribution in [0.15, 0.2) is 18.2 Å². The SMILES string of the molecule is CCOc1ccc(NCC(C)C)cc1OC. The Bertz CT molecular complexity index is 324. The van der Waals surface area contributed by atoms with Crippen molar-refractivity contribution in [3.05, 3.63) is 18.2 Å². The molecule has 0 saturated carbocycles. The van der Waals surface area contributed by atoms with Crippen LogP contribution < -0.4 is 14.8 Å². The highest BCUT2D eigenvalue weighted by Crippen LogP contribution is 2.30. The standard InChI is InChI=1S/C13H21NO2/c1-5-16-12-7-6-11(8-13(12)15-4)14-9-10(2)3/h6-8,10,14H,5,9H2,1-4H3. The van der Waals surface area contributed by atoms with Gasteiger partial charge in [-0.3, -0.25) is 0 Å². The molecular formula is C13H21NO2. The van der Waals surface area contributed by atoms with Gasteiger partial charge in [-0.2, -0.15) is 0 Å². The molecule has 0 aromatic heterocycles. The maximum Gasteiger partial charge on any atom is 0.162 e. The maximum atomic E-state index is 5.46. The Hall–Kier alpha value is -1.38. The third-order valence-electron chi connectivity index (χ3n) is 2.18. The summed E-state index contributed by atoms with van der Waals surface area (Å²) >= 11 is 0. The van der Waals surface area contributed by atoms with Gasteiger partial charge in [-0.05, 0) is 25.0 Å². The molecule has 0 radical (unpaired) electrons. The lowest BCUT2D eigenvalue weighted by atomic mass is 10.2. The first-order valence-corrected chi connectivity index (χ1v) is 5.72. The summed E-state index contributed by atoms with van der Waals surface area (Å²) in [5.74, 6) is 2.19. The second kappa shape index (κ2) is 6.26. The van der Waals surface area contributed by atoms with Crippen molar-refractivity contribution in [3.63, 3.8) is 0 Å². The molecule has 3 nitrogen and oxygen atoms in total. The molecule has 0 spiro atoms. The molecule has 1 N–H and O–H groups in total. The Morgan fingerprint density at radius 2 is 2.00 bits per heavy atom. The van der Waals surface area contributed by atoms with Crippen LogP contribution in [-0.4, -0.2) is 20.3 Å². The Morgan fingerprint density at radius 3 is 2.56 bits per heavy atom. The number of hydrogen-bond acceptors (Lipinski definition) is 3. The molecule has 0 amide bonds. The quantitative estimate of drug-likeness (QED) is 0.803. The number of ether oxygens (including phenoxy) is 2. The van der Waals surface area contributed by atoms with Crippen LogP contribution in [0.5, 0.6) is 11.5 Å². The van der Waals surface area contributed by atoms with E-state index in [0.717, 1.165) is 23.7 Å². The Balaban J connectivity index is 2.74. The summed E-state index contributed by atoms with van der Waals surface area (Å²) in [6, 6.07) is 5.91. The fourth-order valence-corrected chi connectivity index (χ4v) is 1.37. The Morgan fingerprint density at radius 1 is 1.25 bits per heavy atom. The Labute approximate surface area is 97.8 Å². The molecule has 1 aromatic rings. The zero-order valence-corrected chi connectivity index (χ0v) is 10.5. The summed E-state index contributed by atoms with van der Waals surface area (Å²) in [5, 5.41) is 3.35. The van der Waals surface area contributed by atoms with Crippen LogP contribution in [0.25, 0.3) is 0 Å². The van der Waals surface area contributed by atoms with Crippen LogP contribution in [0.2, 0.25) is 0 Å². The van der Waals surface area contributed by atoms with Crippen molar-refractivity contribution in [2.45, 2.75) is 20.8 Å². The van der Waals surface area contributed by atoms with Gasteiger partial charge in [0.05, 0.1) is 13.7 Å². The van der Waals surface area contributed by atoms with Gasteiger partial charge in [0.25, 0.3) is 0 Å².